The summed E-state index contributed by atoms with van der Waals surface area (Å²) in [7, 11) is 0. The molecule has 0 aliphatic heterocycles. The molecule has 0 amide bonds. The molecular weight excluding hydrogens is 232 g/mol. The molecule has 0 saturated carbocycles. The third-order valence-corrected chi connectivity index (χ3v) is 2.01. The highest BCUT2D eigenvalue weighted by Gasteiger charge is 2.00. The van der Waals surface area contributed by atoms with Crippen molar-refractivity contribution in [2.24, 2.45) is 0 Å². The van der Waals surface area contributed by atoms with E-state index in [9.17, 15) is 10.1 Å². The zero-order chi connectivity index (χ0) is 13.5. The molecule has 0 heterocycles. The number of non-ortho nitro benzene ring substituents is 1. The predicted octanol–water partition coefficient (Wildman–Crippen LogP) is 2.03. The molecule has 6 N–H and O–H groups in total. The fraction of sp³-hybridized carbons (Fsp3) is 0. The SMILES string of the molecule is Nc1ccc([N+](=O)[O-])cc1.Nc1cccc(N)c1. The normalized spacial score (nSPS) is 9.11. The van der Waals surface area contributed by atoms with Gasteiger partial charge in [0.2, 0.25) is 0 Å². The second-order valence-corrected chi connectivity index (χ2v) is 3.52. The number of nitrogen functional groups attached to an aromatic ring is 3. The van der Waals surface area contributed by atoms with E-state index in [1.54, 1.807) is 18.2 Å². The summed E-state index contributed by atoms with van der Waals surface area (Å²) in [5.74, 6) is 0. The van der Waals surface area contributed by atoms with Gasteiger partial charge in [-0.05, 0) is 30.3 Å². The first-order valence-corrected chi connectivity index (χ1v) is 5.10. The standard InChI is InChI=1S/C6H6N2O2.C6H8N2/c7-5-1-3-6(4-2-5)8(9)10;7-5-2-1-3-6(8)4-5/h1-4H,7H2;1-4H,7-8H2. The lowest BCUT2D eigenvalue weighted by Crippen LogP contribution is -1.88. The van der Waals surface area contributed by atoms with Crippen molar-refractivity contribution in [3.63, 3.8) is 0 Å². The molecule has 0 bridgehead atoms. The molecule has 2 aromatic carbocycles. The van der Waals surface area contributed by atoms with Gasteiger partial charge < -0.3 is 17.2 Å². The highest BCUT2D eigenvalue weighted by Crippen LogP contribution is 2.12. The summed E-state index contributed by atoms with van der Waals surface area (Å²) >= 11 is 0. The third kappa shape index (κ3) is 4.40. The number of nitrogens with two attached hydrogens (primary N) is 3. The van der Waals surface area contributed by atoms with E-state index < -0.39 is 4.92 Å². The van der Waals surface area contributed by atoms with E-state index in [1.165, 1.54) is 24.3 Å². The number of hydrogen-bond donors (Lipinski definition) is 3. The largest absolute Gasteiger partial charge is 0.399 e. The maximum Gasteiger partial charge on any atom is 0.269 e. The van der Waals surface area contributed by atoms with Gasteiger partial charge >= 0.3 is 0 Å². The average molecular weight is 246 g/mol. The van der Waals surface area contributed by atoms with E-state index in [-0.39, 0.29) is 5.69 Å². The average Bonchev–Trinajstić information content (AvgIpc) is 2.30. The molecule has 18 heavy (non-hydrogen) atoms. The quantitative estimate of drug-likeness (QED) is 0.403. The Balaban J connectivity index is 0.000000184. The molecule has 0 atom stereocenters. The number of nitro benzene ring substituents is 1. The Morgan fingerprint density at radius 2 is 1.33 bits per heavy atom. The van der Waals surface area contributed by atoms with Crippen LogP contribution in [0.15, 0.2) is 48.5 Å². The molecule has 0 spiro atoms. The lowest BCUT2D eigenvalue weighted by Gasteiger charge is -1.91. The number of rotatable bonds is 1. The Morgan fingerprint density at radius 1 is 0.833 bits per heavy atom. The lowest BCUT2D eigenvalue weighted by atomic mass is 10.3. The van der Waals surface area contributed by atoms with Crippen LogP contribution in [0.25, 0.3) is 0 Å². The molecule has 0 aliphatic carbocycles. The molecule has 0 aliphatic rings. The molecule has 94 valence electrons. The Labute approximate surface area is 104 Å². The molecule has 2 aromatic rings. The third-order valence-electron chi connectivity index (χ3n) is 2.01. The summed E-state index contributed by atoms with van der Waals surface area (Å²) in [6, 6.07) is 12.9. The van der Waals surface area contributed by atoms with Gasteiger partial charge in [0, 0.05) is 29.2 Å². The van der Waals surface area contributed by atoms with Gasteiger partial charge in [-0.3, -0.25) is 10.1 Å². The summed E-state index contributed by atoms with van der Waals surface area (Å²) in [4.78, 5) is 9.62. The van der Waals surface area contributed by atoms with Gasteiger partial charge in [-0.1, -0.05) is 6.07 Å². The lowest BCUT2D eigenvalue weighted by molar-refractivity contribution is -0.384. The van der Waals surface area contributed by atoms with Crippen molar-refractivity contribution in [2.75, 3.05) is 17.2 Å². The van der Waals surface area contributed by atoms with E-state index in [1.807, 2.05) is 6.07 Å². The van der Waals surface area contributed by atoms with E-state index in [2.05, 4.69) is 0 Å². The van der Waals surface area contributed by atoms with Gasteiger partial charge in [-0.2, -0.15) is 0 Å². The minimum Gasteiger partial charge on any atom is -0.399 e. The minimum atomic E-state index is -0.459. The summed E-state index contributed by atoms with van der Waals surface area (Å²) in [5, 5.41) is 10.1. The second kappa shape index (κ2) is 6.09. The van der Waals surface area contributed by atoms with Crippen LogP contribution < -0.4 is 17.2 Å². The van der Waals surface area contributed by atoms with Crippen LogP contribution in [0.2, 0.25) is 0 Å². The van der Waals surface area contributed by atoms with Crippen molar-refractivity contribution in [1.82, 2.24) is 0 Å². The second-order valence-electron chi connectivity index (χ2n) is 3.52. The van der Waals surface area contributed by atoms with Gasteiger partial charge in [-0.15, -0.1) is 0 Å². The van der Waals surface area contributed by atoms with Crippen LogP contribution in [0.4, 0.5) is 22.7 Å². The number of nitro groups is 1. The van der Waals surface area contributed by atoms with E-state index in [4.69, 9.17) is 17.2 Å². The van der Waals surface area contributed by atoms with Crippen molar-refractivity contribution >= 4 is 22.7 Å². The topological polar surface area (TPSA) is 121 Å². The summed E-state index contributed by atoms with van der Waals surface area (Å²) in [6.07, 6.45) is 0. The van der Waals surface area contributed by atoms with E-state index in [0.29, 0.717) is 17.1 Å². The van der Waals surface area contributed by atoms with E-state index in [0.717, 1.165) is 0 Å². The van der Waals surface area contributed by atoms with Crippen molar-refractivity contribution < 1.29 is 4.92 Å². The van der Waals surface area contributed by atoms with Crippen molar-refractivity contribution in [3.8, 4) is 0 Å². The van der Waals surface area contributed by atoms with E-state index >= 15 is 0 Å². The van der Waals surface area contributed by atoms with Crippen LogP contribution in [0.1, 0.15) is 0 Å². The Kier molecular flexibility index (Phi) is 4.50. The summed E-state index contributed by atoms with van der Waals surface area (Å²) in [6.45, 7) is 0. The summed E-state index contributed by atoms with van der Waals surface area (Å²) < 4.78 is 0. The molecule has 0 fully saturated rings. The molecular formula is C12H14N4O2. The zero-order valence-corrected chi connectivity index (χ0v) is 9.61. The number of benzene rings is 2. The minimum absolute atomic E-state index is 0.0641. The van der Waals surface area contributed by atoms with Crippen LogP contribution in [0.5, 0.6) is 0 Å². The monoisotopic (exact) mass is 246 g/mol. The maximum atomic E-state index is 10.1. The molecule has 6 heteroatoms. The first-order valence-electron chi connectivity index (χ1n) is 5.10. The molecule has 0 unspecified atom stereocenters. The fourth-order valence-electron chi connectivity index (χ4n) is 1.16. The first kappa shape index (κ1) is 13.3. The van der Waals surface area contributed by atoms with Gasteiger partial charge in [-0.25, -0.2) is 0 Å². The number of nitrogens with zero attached hydrogens (tertiary/aromatic N) is 1. The first-order chi connectivity index (χ1) is 8.49. The van der Waals surface area contributed by atoms with Crippen LogP contribution in [-0.2, 0) is 0 Å². The van der Waals surface area contributed by atoms with Gasteiger partial charge in [0.25, 0.3) is 5.69 Å². The van der Waals surface area contributed by atoms with Gasteiger partial charge in [0.05, 0.1) is 4.92 Å². The van der Waals surface area contributed by atoms with Crippen LogP contribution in [0.3, 0.4) is 0 Å². The molecule has 0 radical (unpaired) electrons. The van der Waals surface area contributed by atoms with Crippen LogP contribution in [-0.4, -0.2) is 4.92 Å². The Hall–Kier alpha value is -2.76. The number of anilines is 3. The predicted molar refractivity (Wildman–Crippen MR) is 72.8 cm³/mol. The smallest absolute Gasteiger partial charge is 0.269 e. The Bertz CT molecular complexity index is 509. The highest BCUT2D eigenvalue weighted by molar-refractivity contribution is 5.50. The Morgan fingerprint density at radius 3 is 1.67 bits per heavy atom. The van der Waals surface area contributed by atoms with Crippen LogP contribution in [0, 0.1) is 10.1 Å². The highest BCUT2D eigenvalue weighted by atomic mass is 16.6. The zero-order valence-electron chi connectivity index (χ0n) is 9.61. The van der Waals surface area contributed by atoms with Crippen molar-refractivity contribution in [3.05, 3.63) is 58.6 Å². The van der Waals surface area contributed by atoms with Gasteiger partial charge in [0.15, 0.2) is 0 Å². The number of hydrogen-bond acceptors (Lipinski definition) is 5. The molecule has 0 aromatic heterocycles. The van der Waals surface area contributed by atoms with Gasteiger partial charge in [0.1, 0.15) is 0 Å². The fourth-order valence-corrected chi connectivity index (χ4v) is 1.16. The molecule has 2 rings (SSSR count). The van der Waals surface area contributed by atoms with Crippen LogP contribution >= 0.6 is 0 Å². The molecule has 6 nitrogen and oxygen atoms in total. The maximum absolute atomic E-state index is 10.1. The summed E-state index contributed by atoms with van der Waals surface area (Å²) in [5.41, 5.74) is 18.1. The van der Waals surface area contributed by atoms with Crippen molar-refractivity contribution in [1.29, 1.82) is 0 Å². The molecule has 0 saturated heterocycles. The van der Waals surface area contributed by atoms with Crippen molar-refractivity contribution in [2.45, 2.75) is 0 Å².